The number of ether oxygens (including phenoxy) is 1. The van der Waals surface area contributed by atoms with Gasteiger partial charge in [0.1, 0.15) is 5.75 Å². The van der Waals surface area contributed by atoms with Crippen molar-refractivity contribution in [3.63, 3.8) is 0 Å². The molecule has 134 valence electrons. The molecule has 1 aliphatic rings. The molecule has 26 heavy (non-hydrogen) atoms. The van der Waals surface area contributed by atoms with Gasteiger partial charge in [-0.1, -0.05) is 29.8 Å². The Labute approximate surface area is 157 Å². The number of hydrogen-bond acceptors (Lipinski definition) is 2. The van der Waals surface area contributed by atoms with E-state index in [1.165, 1.54) is 11.3 Å². The van der Waals surface area contributed by atoms with Crippen molar-refractivity contribution >= 4 is 28.4 Å². The Morgan fingerprint density at radius 1 is 1.27 bits per heavy atom. The van der Waals surface area contributed by atoms with Crippen molar-refractivity contribution < 1.29 is 9.53 Å². The fraction of sp³-hybridized carbons (Fsp3) is 0.286. The zero-order chi connectivity index (χ0) is 18.1. The van der Waals surface area contributed by atoms with Crippen molar-refractivity contribution in [1.29, 1.82) is 0 Å². The first-order valence-electron chi connectivity index (χ1n) is 8.84. The third-order valence-electron chi connectivity index (χ3n) is 5.09. The minimum atomic E-state index is 0.179. The summed E-state index contributed by atoms with van der Waals surface area (Å²) >= 11 is 6.16. The number of nitrogens with zero attached hydrogens (tertiary/aromatic N) is 1. The number of aromatic nitrogens is 1. The molecule has 0 bridgehead atoms. The van der Waals surface area contributed by atoms with E-state index in [1.807, 2.05) is 47.4 Å². The topological polar surface area (TPSA) is 45.3 Å². The summed E-state index contributed by atoms with van der Waals surface area (Å²) in [5.74, 6) is 1.02. The summed E-state index contributed by atoms with van der Waals surface area (Å²) in [5, 5.41) is 1.84. The number of para-hydroxylation sites is 1. The van der Waals surface area contributed by atoms with Crippen molar-refractivity contribution in [3.8, 4) is 5.75 Å². The number of nitrogens with one attached hydrogen (secondary N) is 1. The largest absolute Gasteiger partial charge is 0.496 e. The molecule has 3 aromatic rings. The zero-order valence-corrected chi connectivity index (χ0v) is 15.5. The van der Waals surface area contributed by atoms with Crippen molar-refractivity contribution in [1.82, 2.24) is 9.88 Å². The Morgan fingerprint density at radius 2 is 2.12 bits per heavy atom. The maximum absolute atomic E-state index is 12.8. The Bertz CT molecular complexity index is 964. The first-order valence-corrected chi connectivity index (χ1v) is 9.22. The van der Waals surface area contributed by atoms with Crippen LogP contribution in [0.4, 0.5) is 0 Å². The van der Waals surface area contributed by atoms with Gasteiger partial charge in [0.15, 0.2) is 0 Å². The molecular formula is C21H21ClN2O2. The Balaban J connectivity index is 1.49. The van der Waals surface area contributed by atoms with Crippen LogP contribution in [0.2, 0.25) is 5.02 Å². The number of halogens is 1. The number of carbonyl (C=O) groups is 1. The SMILES string of the molecule is COc1ccccc1CCC(=O)N1CCc2[nH]c3ccc(Cl)cc3c2C1. The first-order chi connectivity index (χ1) is 12.7. The van der Waals surface area contributed by atoms with E-state index in [0.29, 0.717) is 19.4 Å². The number of hydrogen-bond donors (Lipinski definition) is 1. The average molecular weight is 369 g/mol. The standard InChI is InChI=1S/C21H21ClN2O2/c1-26-20-5-3-2-4-14(20)6-9-21(25)24-11-10-19-17(13-24)16-12-15(22)7-8-18(16)23-19/h2-5,7-8,12,23H,6,9-11,13H2,1H3. The second kappa shape index (κ2) is 7.04. The normalized spacial score (nSPS) is 13.7. The molecule has 1 aromatic heterocycles. The van der Waals surface area contributed by atoms with E-state index in [9.17, 15) is 4.79 Å². The van der Waals surface area contributed by atoms with E-state index in [1.54, 1.807) is 7.11 Å². The number of amides is 1. The van der Waals surface area contributed by atoms with E-state index >= 15 is 0 Å². The van der Waals surface area contributed by atoms with Crippen molar-refractivity contribution in [2.45, 2.75) is 25.8 Å². The second-order valence-corrected chi connectivity index (χ2v) is 7.09. The third-order valence-corrected chi connectivity index (χ3v) is 5.33. The lowest BCUT2D eigenvalue weighted by Crippen LogP contribution is -2.35. The highest BCUT2D eigenvalue weighted by Crippen LogP contribution is 2.30. The summed E-state index contributed by atoms with van der Waals surface area (Å²) in [5.41, 5.74) is 4.57. The molecule has 0 spiro atoms. The monoisotopic (exact) mass is 368 g/mol. The van der Waals surface area contributed by atoms with Gasteiger partial charge in [0.25, 0.3) is 0 Å². The molecule has 0 saturated heterocycles. The number of methoxy groups -OCH3 is 1. The molecule has 0 aliphatic carbocycles. The lowest BCUT2D eigenvalue weighted by atomic mass is 10.0. The predicted octanol–water partition coefficient (Wildman–Crippen LogP) is 4.35. The minimum absolute atomic E-state index is 0.179. The number of benzene rings is 2. The van der Waals surface area contributed by atoms with Gasteiger partial charge in [-0.15, -0.1) is 0 Å². The Morgan fingerprint density at radius 3 is 2.96 bits per heavy atom. The van der Waals surface area contributed by atoms with Gasteiger partial charge in [0.2, 0.25) is 5.91 Å². The van der Waals surface area contributed by atoms with Gasteiger partial charge in [-0.2, -0.15) is 0 Å². The average Bonchev–Trinajstić information content (AvgIpc) is 3.03. The summed E-state index contributed by atoms with van der Waals surface area (Å²) in [6.45, 7) is 1.39. The van der Waals surface area contributed by atoms with Crippen LogP contribution in [0.25, 0.3) is 10.9 Å². The maximum atomic E-state index is 12.8. The molecule has 2 aromatic carbocycles. The lowest BCUT2D eigenvalue weighted by Gasteiger charge is -2.27. The minimum Gasteiger partial charge on any atom is -0.496 e. The third kappa shape index (κ3) is 3.17. The summed E-state index contributed by atoms with van der Waals surface area (Å²) in [4.78, 5) is 18.2. The van der Waals surface area contributed by atoms with Crippen molar-refractivity contribution in [3.05, 3.63) is 64.3 Å². The van der Waals surface area contributed by atoms with Gasteiger partial charge in [-0.25, -0.2) is 0 Å². The van der Waals surface area contributed by atoms with Crippen LogP contribution in [0, 0.1) is 0 Å². The second-order valence-electron chi connectivity index (χ2n) is 6.65. The van der Waals surface area contributed by atoms with E-state index in [-0.39, 0.29) is 5.91 Å². The van der Waals surface area contributed by atoms with Gasteiger partial charge >= 0.3 is 0 Å². The van der Waals surface area contributed by atoms with Gasteiger partial charge in [0.05, 0.1) is 7.11 Å². The van der Waals surface area contributed by atoms with Crippen molar-refractivity contribution in [2.75, 3.05) is 13.7 Å². The van der Waals surface area contributed by atoms with Gasteiger partial charge < -0.3 is 14.6 Å². The summed E-state index contributed by atoms with van der Waals surface area (Å²) < 4.78 is 5.38. The maximum Gasteiger partial charge on any atom is 0.223 e. The van der Waals surface area contributed by atoms with Crippen LogP contribution in [0.3, 0.4) is 0 Å². The van der Waals surface area contributed by atoms with Crippen LogP contribution in [0.5, 0.6) is 5.75 Å². The van der Waals surface area contributed by atoms with Crippen molar-refractivity contribution in [2.24, 2.45) is 0 Å². The number of fused-ring (bicyclic) bond motifs is 3. The fourth-order valence-electron chi connectivity index (χ4n) is 3.71. The molecule has 1 aliphatic heterocycles. The van der Waals surface area contributed by atoms with Crippen LogP contribution in [0.1, 0.15) is 23.2 Å². The molecular weight excluding hydrogens is 348 g/mol. The molecule has 0 radical (unpaired) electrons. The molecule has 0 saturated carbocycles. The van der Waals surface area contributed by atoms with Crippen LogP contribution >= 0.6 is 11.6 Å². The van der Waals surface area contributed by atoms with Gasteiger partial charge in [0, 0.05) is 53.1 Å². The van der Waals surface area contributed by atoms with Crippen LogP contribution in [0.15, 0.2) is 42.5 Å². The summed E-state index contributed by atoms with van der Waals surface area (Å²) in [6.07, 6.45) is 2.02. The molecule has 1 amide bonds. The summed E-state index contributed by atoms with van der Waals surface area (Å²) in [7, 11) is 1.66. The zero-order valence-electron chi connectivity index (χ0n) is 14.7. The van der Waals surface area contributed by atoms with E-state index in [0.717, 1.165) is 40.2 Å². The number of rotatable bonds is 4. The summed E-state index contributed by atoms with van der Waals surface area (Å²) in [6, 6.07) is 13.7. The van der Waals surface area contributed by atoms with E-state index in [4.69, 9.17) is 16.3 Å². The highest BCUT2D eigenvalue weighted by Gasteiger charge is 2.24. The van der Waals surface area contributed by atoms with Crippen LogP contribution in [-0.2, 0) is 24.2 Å². The number of carbonyl (C=O) groups excluding carboxylic acids is 1. The molecule has 0 fully saturated rings. The smallest absolute Gasteiger partial charge is 0.223 e. The number of H-pyrrole nitrogens is 1. The number of aromatic amines is 1. The molecule has 0 unspecified atom stereocenters. The Kier molecular flexibility index (Phi) is 4.60. The van der Waals surface area contributed by atoms with Crippen LogP contribution in [-0.4, -0.2) is 29.4 Å². The highest BCUT2D eigenvalue weighted by molar-refractivity contribution is 6.31. The van der Waals surface area contributed by atoms with Crippen LogP contribution < -0.4 is 4.74 Å². The highest BCUT2D eigenvalue weighted by atomic mass is 35.5. The predicted molar refractivity (Wildman–Crippen MR) is 104 cm³/mol. The molecule has 2 heterocycles. The molecule has 4 nitrogen and oxygen atoms in total. The molecule has 1 N–H and O–H groups in total. The van der Waals surface area contributed by atoms with E-state index < -0.39 is 0 Å². The molecule has 5 heteroatoms. The number of aryl methyl sites for hydroxylation is 1. The Hall–Kier alpha value is -2.46. The van der Waals surface area contributed by atoms with E-state index in [2.05, 4.69) is 4.98 Å². The first kappa shape index (κ1) is 17.0. The van der Waals surface area contributed by atoms with Gasteiger partial charge in [-0.3, -0.25) is 4.79 Å². The lowest BCUT2D eigenvalue weighted by molar-refractivity contribution is -0.132. The quantitative estimate of drug-likeness (QED) is 0.744. The van der Waals surface area contributed by atoms with Gasteiger partial charge in [-0.05, 0) is 36.2 Å². The molecule has 4 rings (SSSR count). The fourth-order valence-corrected chi connectivity index (χ4v) is 3.88. The molecule has 0 atom stereocenters.